The van der Waals surface area contributed by atoms with Gasteiger partial charge in [-0.3, -0.25) is 4.79 Å². The highest BCUT2D eigenvalue weighted by Gasteiger charge is 2.12. The Balaban J connectivity index is 1.66. The van der Waals surface area contributed by atoms with Gasteiger partial charge < -0.3 is 10.6 Å². The minimum Gasteiger partial charge on any atom is -0.350 e. The lowest BCUT2D eigenvalue weighted by Crippen LogP contribution is -2.16. The van der Waals surface area contributed by atoms with Crippen LogP contribution >= 0.6 is 0 Å². The summed E-state index contributed by atoms with van der Waals surface area (Å²) in [4.78, 5) is 21.2. The number of amides is 1. The number of aryl methyl sites for hydroxylation is 3. The Bertz CT molecular complexity index is 912. The van der Waals surface area contributed by atoms with Crippen molar-refractivity contribution >= 4 is 17.5 Å². The van der Waals surface area contributed by atoms with Crippen LogP contribution in [0.1, 0.15) is 46.5 Å². The van der Waals surface area contributed by atoms with E-state index in [0.29, 0.717) is 18.1 Å². The smallest absolute Gasteiger partial charge is 0.258 e. The number of anilines is 2. The zero-order valence-electron chi connectivity index (χ0n) is 16.6. The van der Waals surface area contributed by atoms with Crippen molar-refractivity contribution in [3.05, 3.63) is 82.7 Å². The van der Waals surface area contributed by atoms with Gasteiger partial charge in [-0.05, 0) is 36.5 Å². The van der Waals surface area contributed by atoms with Gasteiger partial charge in [-0.25, -0.2) is 9.97 Å². The summed E-state index contributed by atoms with van der Waals surface area (Å²) in [6.45, 7) is 6.87. The number of nitrogens with one attached hydrogen (secondary N) is 2. The second kappa shape index (κ2) is 9.13. The van der Waals surface area contributed by atoms with Gasteiger partial charge in [0.2, 0.25) is 5.95 Å². The van der Waals surface area contributed by atoms with E-state index < -0.39 is 0 Å². The first-order chi connectivity index (χ1) is 13.6. The minimum atomic E-state index is -0.194. The van der Waals surface area contributed by atoms with Crippen LogP contribution in [-0.2, 0) is 19.4 Å². The Labute approximate surface area is 166 Å². The van der Waals surface area contributed by atoms with Crippen LogP contribution < -0.4 is 10.6 Å². The average Bonchev–Trinajstić information content (AvgIpc) is 2.73. The van der Waals surface area contributed by atoms with Crippen LogP contribution in [0.4, 0.5) is 11.6 Å². The molecule has 1 heterocycles. The molecule has 0 bridgehead atoms. The van der Waals surface area contributed by atoms with E-state index in [0.717, 1.165) is 35.2 Å². The maximum atomic E-state index is 12.7. The van der Waals surface area contributed by atoms with E-state index in [9.17, 15) is 4.79 Å². The van der Waals surface area contributed by atoms with Gasteiger partial charge in [0.1, 0.15) is 0 Å². The molecule has 3 aromatic rings. The molecule has 5 heteroatoms. The number of nitrogens with zero attached hydrogens (tertiary/aromatic N) is 2. The zero-order valence-corrected chi connectivity index (χ0v) is 16.6. The molecular formula is C23H26N4O. The summed E-state index contributed by atoms with van der Waals surface area (Å²) in [5, 5.41) is 6.22. The third-order valence-electron chi connectivity index (χ3n) is 4.72. The molecule has 0 fully saturated rings. The van der Waals surface area contributed by atoms with Gasteiger partial charge in [0.05, 0.1) is 5.56 Å². The number of aromatic nitrogens is 2. The molecule has 0 aliphatic heterocycles. The van der Waals surface area contributed by atoms with Crippen molar-refractivity contribution in [3.63, 3.8) is 0 Å². The fraction of sp³-hybridized carbons (Fsp3) is 0.261. The molecule has 2 N–H and O–H groups in total. The lowest BCUT2D eigenvalue weighted by atomic mass is 10.0. The van der Waals surface area contributed by atoms with E-state index in [-0.39, 0.29) is 5.91 Å². The SMILES string of the molecule is CCc1cccc(CC)c1NC(=O)c1cnc(NCc2ccc(C)cc2)nc1. The van der Waals surface area contributed by atoms with Gasteiger partial charge in [0.15, 0.2) is 0 Å². The molecule has 1 aromatic heterocycles. The first kappa shape index (κ1) is 19.5. The lowest BCUT2D eigenvalue weighted by molar-refractivity contribution is 0.102. The third-order valence-corrected chi connectivity index (χ3v) is 4.72. The van der Waals surface area contributed by atoms with Gasteiger partial charge >= 0.3 is 0 Å². The quantitative estimate of drug-likeness (QED) is 0.625. The van der Waals surface area contributed by atoms with Gasteiger partial charge in [-0.2, -0.15) is 0 Å². The highest BCUT2D eigenvalue weighted by Crippen LogP contribution is 2.23. The Morgan fingerprint density at radius 2 is 1.54 bits per heavy atom. The van der Waals surface area contributed by atoms with E-state index in [1.165, 1.54) is 5.56 Å². The molecule has 0 saturated carbocycles. The summed E-state index contributed by atoms with van der Waals surface area (Å²) in [5.41, 5.74) is 5.98. The van der Waals surface area contributed by atoms with Crippen molar-refractivity contribution in [2.75, 3.05) is 10.6 Å². The normalized spacial score (nSPS) is 10.5. The molecule has 0 spiro atoms. The minimum absolute atomic E-state index is 0.194. The fourth-order valence-electron chi connectivity index (χ4n) is 3.01. The molecule has 3 rings (SSSR count). The van der Waals surface area contributed by atoms with Crippen molar-refractivity contribution in [2.45, 2.75) is 40.2 Å². The van der Waals surface area contributed by atoms with Crippen molar-refractivity contribution in [2.24, 2.45) is 0 Å². The lowest BCUT2D eigenvalue weighted by Gasteiger charge is -2.14. The predicted molar refractivity (Wildman–Crippen MR) is 114 cm³/mol. The molecule has 0 aliphatic rings. The van der Waals surface area contributed by atoms with Crippen LogP contribution in [0.5, 0.6) is 0 Å². The summed E-state index contributed by atoms with van der Waals surface area (Å²) in [6, 6.07) is 14.4. The Kier molecular flexibility index (Phi) is 6.37. The topological polar surface area (TPSA) is 66.9 Å². The molecule has 28 heavy (non-hydrogen) atoms. The average molecular weight is 374 g/mol. The summed E-state index contributed by atoms with van der Waals surface area (Å²) in [7, 11) is 0. The first-order valence-corrected chi connectivity index (χ1v) is 9.64. The molecule has 0 aliphatic carbocycles. The van der Waals surface area contributed by atoms with Crippen molar-refractivity contribution in [3.8, 4) is 0 Å². The van der Waals surface area contributed by atoms with Gasteiger partial charge in [0.25, 0.3) is 5.91 Å². The standard InChI is InChI=1S/C23H26N4O/c1-4-18-7-6-8-19(5-2)21(18)27-22(28)20-14-25-23(26-15-20)24-13-17-11-9-16(3)10-12-17/h6-12,14-15H,4-5,13H2,1-3H3,(H,27,28)(H,24,25,26). The highest BCUT2D eigenvalue weighted by atomic mass is 16.1. The van der Waals surface area contributed by atoms with Crippen LogP contribution in [0.15, 0.2) is 54.9 Å². The highest BCUT2D eigenvalue weighted by molar-refractivity contribution is 6.04. The molecule has 2 aromatic carbocycles. The summed E-state index contributed by atoms with van der Waals surface area (Å²) in [5.74, 6) is 0.306. The Hall–Kier alpha value is -3.21. The van der Waals surface area contributed by atoms with E-state index >= 15 is 0 Å². The zero-order chi connectivity index (χ0) is 19.9. The maximum absolute atomic E-state index is 12.7. The van der Waals surface area contributed by atoms with Crippen molar-refractivity contribution < 1.29 is 4.79 Å². The molecule has 1 amide bonds. The summed E-state index contributed by atoms with van der Waals surface area (Å²) in [6.07, 6.45) is 4.84. The summed E-state index contributed by atoms with van der Waals surface area (Å²) < 4.78 is 0. The number of para-hydroxylation sites is 1. The van der Waals surface area contributed by atoms with Crippen LogP contribution in [-0.4, -0.2) is 15.9 Å². The first-order valence-electron chi connectivity index (χ1n) is 9.64. The van der Waals surface area contributed by atoms with Gasteiger partial charge in [-0.15, -0.1) is 0 Å². The molecule has 0 atom stereocenters. The number of benzene rings is 2. The van der Waals surface area contributed by atoms with Crippen molar-refractivity contribution in [1.82, 2.24) is 9.97 Å². The van der Waals surface area contributed by atoms with Crippen LogP contribution in [0.25, 0.3) is 0 Å². The van der Waals surface area contributed by atoms with E-state index in [4.69, 9.17) is 0 Å². The second-order valence-electron chi connectivity index (χ2n) is 6.75. The number of rotatable bonds is 7. The van der Waals surface area contributed by atoms with E-state index in [1.54, 1.807) is 12.4 Å². The Morgan fingerprint density at radius 3 is 2.11 bits per heavy atom. The number of carbonyl (C=O) groups excluding carboxylic acids is 1. The molecular weight excluding hydrogens is 348 g/mol. The van der Waals surface area contributed by atoms with Gasteiger partial charge in [0, 0.05) is 24.6 Å². The predicted octanol–water partition coefficient (Wildman–Crippen LogP) is 4.77. The van der Waals surface area contributed by atoms with Crippen molar-refractivity contribution in [1.29, 1.82) is 0 Å². The summed E-state index contributed by atoms with van der Waals surface area (Å²) >= 11 is 0. The third kappa shape index (κ3) is 4.74. The largest absolute Gasteiger partial charge is 0.350 e. The maximum Gasteiger partial charge on any atom is 0.258 e. The Morgan fingerprint density at radius 1 is 0.929 bits per heavy atom. The number of hydrogen-bond acceptors (Lipinski definition) is 4. The van der Waals surface area contributed by atoms with Crippen LogP contribution in [0, 0.1) is 6.92 Å². The molecule has 0 radical (unpaired) electrons. The molecule has 144 valence electrons. The second-order valence-corrected chi connectivity index (χ2v) is 6.75. The molecule has 5 nitrogen and oxygen atoms in total. The van der Waals surface area contributed by atoms with Crippen LogP contribution in [0.3, 0.4) is 0 Å². The van der Waals surface area contributed by atoms with E-state index in [1.807, 2.05) is 18.2 Å². The number of hydrogen-bond donors (Lipinski definition) is 2. The molecule has 0 unspecified atom stereocenters. The number of carbonyl (C=O) groups is 1. The monoisotopic (exact) mass is 374 g/mol. The van der Waals surface area contributed by atoms with Gasteiger partial charge in [-0.1, -0.05) is 61.9 Å². The molecule has 0 saturated heterocycles. The fourth-order valence-corrected chi connectivity index (χ4v) is 3.01. The van der Waals surface area contributed by atoms with E-state index in [2.05, 4.69) is 65.6 Å². The van der Waals surface area contributed by atoms with Crippen LogP contribution in [0.2, 0.25) is 0 Å².